The Labute approximate surface area is 198 Å². The number of aryl methyl sites for hydroxylation is 1. The minimum Gasteiger partial charge on any atom is -0.353 e. The zero-order chi connectivity index (χ0) is 23.9. The molecule has 0 aliphatic heterocycles. The van der Waals surface area contributed by atoms with E-state index in [9.17, 15) is 9.59 Å². The molecule has 0 bridgehead atoms. The predicted octanol–water partition coefficient (Wildman–Crippen LogP) is 2.82. The van der Waals surface area contributed by atoms with Crippen LogP contribution in [0.1, 0.15) is 24.0 Å². The number of nitrogens with one attached hydrogen (secondary N) is 3. The third-order valence-corrected chi connectivity index (χ3v) is 5.64. The molecule has 0 unspecified atom stereocenters. The number of carbonyl (C=O) groups excluding carboxylic acids is 2. The molecular formula is C25H29N7O2. The van der Waals surface area contributed by atoms with Gasteiger partial charge in [0.15, 0.2) is 0 Å². The van der Waals surface area contributed by atoms with Crippen molar-refractivity contribution in [3.63, 3.8) is 0 Å². The summed E-state index contributed by atoms with van der Waals surface area (Å²) in [6.45, 7) is 1.43. The molecule has 0 fully saturated rings. The van der Waals surface area contributed by atoms with Crippen molar-refractivity contribution >= 4 is 40.0 Å². The van der Waals surface area contributed by atoms with Crippen molar-refractivity contribution in [2.45, 2.75) is 25.7 Å². The molecule has 4 rings (SSSR count). The molecule has 3 N–H and O–H groups in total. The van der Waals surface area contributed by atoms with Crippen molar-refractivity contribution < 1.29 is 9.59 Å². The first-order valence-electron chi connectivity index (χ1n) is 11.4. The van der Waals surface area contributed by atoms with Gasteiger partial charge in [-0.3, -0.25) is 9.59 Å². The zero-order valence-electron chi connectivity index (χ0n) is 19.5. The summed E-state index contributed by atoms with van der Waals surface area (Å²) in [4.78, 5) is 39.2. The lowest BCUT2D eigenvalue weighted by Crippen LogP contribution is -2.25. The summed E-state index contributed by atoms with van der Waals surface area (Å²) in [6.07, 6.45) is 9.63. The van der Waals surface area contributed by atoms with Crippen LogP contribution < -0.4 is 16.0 Å². The summed E-state index contributed by atoms with van der Waals surface area (Å²) in [5, 5.41) is 9.63. The van der Waals surface area contributed by atoms with Crippen molar-refractivity contribution in [1.82, 2.24) is 25.2 Å². The minimum absolute atomic E-state index is 0.310. The van der Waals surface area contributed by atoms with Gasteiger partial charge in [-0.2, -0.15) is 0 Å². The molecule has 9 heteroatoms. The highest BCUT2D eigenvalue weighted by Crippen LogP contribution is 2.32. The van der Waals surface area contributed by atoms with Gasteiger partial charge in [0.05, 0.1) is 11.7 Å². The molecule has 3 aromatic rings. The molecule has 2 amide bonds. The fraction of sp³-hybridized carbons (Fsp3) is 0.320. The van der Waals surface area contributed by atoms with Crippen molar-refractivity contribution in [1.29, 1.82) is 0 Å². The molecule has 0 spiro atoms. The molecular weight excluding hydrogens is 430 g/mol. The molecule has 0 atom stereocenters. The third-order valence-electron chi connectivity index (χ3n) is 5.64. The third kappa shape index (κ3) is 5.93. The maximum atomic E-state index is 12.3. The Hall–Kier alpha value is -3.85. The Kier molecular flexibility index (Phi) is 7.44. The van der Waals surface area contributed by atoms with Gasteiger partial charge in [0.1, 0.15) is 18.0 Å². The Balaban J connectivity index is 1.43. The highest BCUT2D eigenvalue weighted by molar-refractivity contribution is 6.04. The smallest absolute Gasteiger partial charge is 0.249 e. The number of anilines is 3. The fourth-order valence-corrected chi connectivity index (χ4v) is 3.98. The van der Waals surface area contributed by atoms with Crippen LogP contribution in [0, 0.1) is 0 Å². The number of nitrogens with zero attached hydrogens (tertiary/aromatic N) is 4. The van der Waals surface area contributed by atoms with E-state index in [4.69, 9.17) is 0 Å². The van der Waals surface area contributed by atoms with E-state index in [-0.39, 0.29) is 5.91 Å². The van der Waals surface area contributed by atoms with Gasteiger partial charge in [-0.15, -0.1) is 0 Å². The lowest BCUT2D eigenvalue weighted by Gasteiger charge is -2.12. The largest absolute Gasteiger partial charge is 0.353 e. The van der Waals surface area contributed by atoms with Gasteiger partial charge in [0.25, 0.3) is 0 Å². The van der Waals surface area contributed by atoms with E-state index in [0.717, 1.165) is 43.3 Å². The first kappa shape index (κ1) is 23.3. The van der Waals surface area contributed by atoms with Crippen LogP contribution in [0.4, 0.5) is 17.3 Å². The van der Waals surface area contributed by atoms with E-state index < -0.39 is 5.91 Å². The molecule has 0 radical (unpaired) electrons. The molecule has 1 aromatic carbocycles. The number of fused-ring (bicyclic) bond motifs is 2. The summed E-state index contributed by atoms with van der Waals surface area (Å²) < 4.78 is 0. The average Bonchev–Trinajstić information content (AvgIpc) is 3.31. The quantitative estimate of drug-likeness (QED) is 0.333. The van der Waals surface area contributed by atoms with Crippen LogP contribution in [-0.4, -0.2) is 58.9 Å². The number of benzene rings is 1. The summed E-state index contributed by atoms with van der Waals surface area (Å²) in [7, 11) is 3.96. The van der Waals surface area contributed by atoms with E-state index in [1.165, 1.54) is 29.6 Å². The Morgan fingerprint density at radius 2 is 1.94 bits per heavy atom. The van der Waals surface area contributed by atoms with Crippen LogP contribution >= 0.6 is 0 Å². The molecule has 2 heterocycles. The van der Waals surface area contributed by atoms with E-state index >= 15 is 0 Å². The molecule has 9 nitrogen and oxygen atoms in total. The number of pyridine rings is 1. The van der Waals surface area contributed by atoms with Gasteiger partial charge in [-0.25, -0.2) is 15.0 Å². The number of hydrogen-bond acceptors (Lipinski definition) is 7. The predicted molar refractivity (Wildman–Crippen MR) is 133 cm³/mol. The highest BCUT2D eigenvalue weighted by Gasteiger charge is 2.16. The average molecular weight is 460 g/mol. The topological polar surface area (TPSA) is 112 Å². The van der Waals surface area contributed by atoms with Crippen molar-refractivity contribution in [3.05, 3.63) is 60.1 Å². The normalized spacial score (nSPS) is 12.8. The Bertz CT molecular complexity index is 1220. The van der Waals surface area contributed by atoms with Gasteiger partial charge in [0.2, 0.25) is 11.8 Å². The van der Waals surface area contributed by atoms with Gasteiger partial charge in [-0.1, -0.05) is 12.1 Å². The first-order valence-corrected chi connectivity index (χ1v) is 11.4. The summed E-state index contributed by atoms with van der Waals surface area (Å²) >= 11 is 0. The first-order chi connectivity index (χ1) is 16.5. The minimum atomic E-state index is -0.442. The van der Waals surface area contributed by atoms with Crippen LogP contribution in [0.3, 0.4) is 0 Å². The Morgan fingerprint density at radius 3 is 2.79 bits per heavy atom. The maximum absolute atomic E-state index is 12.3. The van der Waals surface area contributed by atoms with E-state index in [1.54, 1.807) is 12.3 Å². The zero-order valence-corrected chi connectivity index (χ0v) is 19.5. The van der Waals surface area contributed by atoms with Gasteiger partial charge >= 0.3 is 0 Å². The number of rotatable bonds is 9. The number of hydrogen-bond donors (Lipinski definition) is 3. The lowest BCUT2D eigenvalue weighted by atomic mass is 10.1. The van der Waals surface area contributed by atoms with Crippen LogP contribution in [-0.2, 0) is 22.4 Å². The molecule has 176 valence electrons. The molecule has 2 aromatic heterocycles. The van der Waals surface area contributed by atoms with Crippen molar-refractivity contribution in [2.75, 3.05) is 37.8 Å². The molecule has 34 heavy (non-hydrogen) atoms. The SMILES string of the molecule is CN(C)CCCNC(=O)C=CC(=O)Nc1cc2c(Nc3cccc4c3CCC4)ncnc2cn1. The molecule has 0 saturated heterocycles. The van der Waals surface area contributed by atoms with Crippen LogP contribution in [0.2, 0.25) is 0 Å². The highest BCUT2D eigenvalue weighted by atomic mass is 16.2. The fourth-order valence-electron chi connectivity index (χ4n) is 3.98. The monoisotopic (exact) mass is 459 g/mol. The van der Waals surface area contributed by atoms with Crippen LogP contribution in [0.25, 0.3) is 10.9 Å². The maximum Gasteiger partial charge on any atom is 0.249 e. The second-order valence-corrected chi connectivity index (χ2v) is 8.50. The molecule has 1 aliphatic rings. The van der Waals surface area contributed by atoms with E-state index in [1.807, 2.05) is 25.1 Å². The number of carbonyl (C=O) groups is 2. The number of aromatic nitrogens is 3. The lowest BCUT2D eigenvalue weighted by molar-refractivity contribution is -0.117. The van der Waals surface area contributed by atoms with Crippen LogP contribution in [0.15, 0.2) is 48.9 Å². The second kappa shape index (κ2) is 10.8. The summed E-state index contributed by atoms with van der Waals surface area (Å²) in [6, 6.07) is 8.00. The van der Waals surface area contributed by atoms with Gasteiger partial charge in [-0.05, 0) is 69.6 Å². The second-order valence-electron chi connectivity index (χ2n) is 8.50. The van der Waals surface area contributed by atoms with E-state index in [2.05, 4.69) is 43.0 Å². The summed E-state index contributed by atoms with van der Waals surface area (Å²) in [5.74, 6) is 0.249. The number of amides is 2. The van der Waals surface area contributed by atoms with Gasteiger partial charge < -0.3 is 20.9 Å². The van der Waals surface area contributed by atoms with Crippen molar-refractivity contribution in [2.24, 2.45) is 0 Å². The standard InChI is InChI=1S/C25H29N7O2/c1-32(2)13-5-12-26-23(33)10-11-24(34)31-22-14-19-21(15-27-22)28-16-29-25(19)30-20-9-4-7-17-6-3-8-18(17)20/h4,7,9-11,14-16H,3,5-6,8,12-13H2,1-2H3,(H,26,33)(H,27,31,34)(H,28,29,30). The van der Waals surface area contributed by atoms with Crippen LogP contribution in [0.5, 0.6) is 0 Å². The molecule has 1 aliphatic carbocycles. The molecule has 0 saturated carbocycles. The van der Waals surface area contributed by atoms with Gasteiger partial charge in [0, 0.05) is 29.8 Å². The summed E-state index contributed by atoms with van der Waals surface area (Å²) in [5.41, 5.74) is 4.39. The van der Waals surface area contributed by atoms with E-state index in [0.29, 0.717) is 23.7 Å². The Morgan fingerprint density at radius 1 is 1.09 bits per heavy atom. The van der Waals surface area contributed by atoms with Crippen molar-refractivity contribution in [3.8, 4) is 0 Å².